The third-order valence-corrected chi connectivity index (χ3v) is 16.7. The summed E-state index contributed by atoms with van der Waals surface area (Å²) in [7, 11) is 0. The molecule has 60 heavy (non-hydrogen) atoms. The molecule has 0 nitrogen and oxygen atoms in total. The highest BCUT2D eigenvalue weighted by atomic mass is 79.9. The number of hydrogen-bond donors (Lipinski definition) is 0. The van der Waals surface area contributed by atoms with Crippen LogP contribution in [0.2, 0.25) is 0 Å². The van der Waals surface area contributed by atoms with Gasteiger partial charge in [0.2, 0.25) is 0 Å². The molecule has 0 heterocycles. The highest BCUT2D eigenvalue weighted by molar-refractivity contribution is 9.10. The fourth-order valence-corrected chi connectivity index (χ4v) is 12.8. The second-order valence-corrected chi connectivity index (χ2v) is 21.4. The maximum Gasteiger partial charge on any atom is 0.0221 e. The summed E-state index contributed by atoms with van der Waals surface area (Å²) in [5.41, 5.74) is 15.1. The van der Waals surface area contributed by atoms with Crippen LogP contribution in [0.4, 0.5) is 0 Å². The Kier molecular flexibility index (Phi) is 17.3. The van der Waals surface area contributed by atoms with Gasteiger partial charge < -0.3 is 0 Å². The van der Waals surface area contributed by atoms with E-state index in [1.54, 1.807) is 22.3 Å². The van der Waals surface area contributed by atoms with Gasteiger partial charge in [-0.1, -0.05) is 226 Å². The lowest BCUT2D eigenvalue weighted by Gasteiger charge is -2.39. The van der Waals surface area contributed by atoms with Crippen molar-refractivity contribution in [1.29, 1.82) is 0 Å². The highest BCUT2D eigenvalue weighted by Gasteiger charge is 2.47. The summed E-state index contributed by atoms with van der Waals surface area (Å²) in [4.78, 5) is 0. The molecule has 6 rings (SSSR count). The fraction of sp³-hybridized carbons (Fsp3) is 0.586. The summed E-state index contributed by atoms with van der Waals surface area (Å²) in [5.74, 6) is 2.86. The van der Waals surface area contributed by atoms with E-state index < -0.39 is 0 Å². The molecule has 4 aromatic rings. The number of unbranched alkanes of at least 4 members (excludes halogenated alkanes) is 4. The summed E-state index contributed by atoms with van der Waals surface area (Å²) >= 11 is 7.97. The van der Waals surface area contributed by atoms with Crippen LogP contribution in [0.3, 0.4) is 0 Å². The molecule has 0 spiro atoms. The Morgan fingerprint density at radius 2 is 0.633 bits per heavy atom. The molecule has 326 valence electrons. The Bertz CT molecular complexity index is 1810. The van der Waals surface area contributed by atoms with Gasteiger partial charge in [0.15, 0.2) is 0 Å². The molecule has 4 aromatic carbocycles. The van der Waals surface area contributed by atoms with Crippen molar-refractivity contribution in [3.8, 4) is 33.4 Å². The lowest BCUT2D eigenvalue weighted by molar-refractivity contribution is 0.265. The first-order valence-electron chi connectivity index (χ1n) is 25.1. The van der Waals surface area contributed by atoms with Crippen LogP contribution in [0.15, 0.2) is 81.7 Å². The summed E-state index contributed by atoms with van der Waals surface area (Å²) in [6.45, 7) is 19.3. The van der Waals surface area contributed by atoms with Crippen LogP contribution >= 0.6 is 31.9 Å². The molecule has 2 aliphatic carbocycles. The van der Waals surface area contributed by atoms with Gasteiger partial charge in [0, 0.05) is 19.8 Å². The topological polar surface area (TPSA) is 0 Å². The van der Waals surface area contributed by atoms with Crippen LogP contribution in [0.1, 0.15) is 206 Å². The average Bonchev–Trinajstić information content (AvgIpc) is 3.67. The first-order valence-corrected chi connectivity index (χ1v) is 26.6. The molecule has 0 radical (unpaired) electrons. The van der Waals surface area contributed by atoms with Crippen molar-refractivity contribution in [1.82, 2.24) is 0 Å². The van der Waals surface area contributed by atoms with Crippen molar-refractivity contribution < 1.29 is 0 Å². The van der Waals surface area contributed by atoms with Gasteiger partial charge in [-0.15, -0.1) is 0 Å². The standard InChI is InChI=1S/C58H80Br2/c1-9-17-21-41(13-5)37-57(38-42(14-6)22-18-10-2)53-33-45(25-29-49(53)51-31-27-47(59)35-55(51)57)46-26-30-50-52-32-28-48(60)36-56(52)58(54(50)34-46,39-43(15-7)23-19-11-3)40-44(16-8)24-20-12-4/h25-36,41-44H,9-24,37-40H2,1-8H3. The number of halogens is 2. The molecule has 0 N–H and O–H groups in total. The van der Waals surface area contributed by atoms with Crippen LogP contribution < -0.4 is 0 Å². The SMILES string of the molecule is CCCCC(CC)CC1(CC(CC)CCCC)c2cc(Br)ccc2-c2ccc(-c3ccc4c(c3)C(CC(CC)CCCC)(CC(CC)CCCC)c3cc(Br)ccc3-4)cc21. The number of benzene rings is 4. The minimum absolute atomic E-state index is 0.0115. The molecule has 0 bridgehead atoms. The molecular formula is C58H80Br2. The van der Waals surface area contributed by atoms with Gasteiger partial charge in [-0.05, 0) is 141 Å². The molecule has 0 fully saturated rings. The van der Waals surface area contributed by atoms with Gasteiger partial charge in [0.25, 0.3) is 0 Å². The molecular weight excluding hydrogens is 856 g/mol. The molecule has 2 heteroatoms. The van der Waals surface area contributed by atoms with Gasteiger partial charge >= 0.3 is 0 Å². The highest BCUT2D eigenvalue weighted by Crippen LogP contribution is 2.60. The average molecular weight is 937 g/mol. The Labute approximate surface area is 385 Å². The lowest BCUT2D eigenvalue weighted by Crippen LogP contribution is -2.32. The second-order valence-electron chi connectivity index (χ2n) is 19.5. The molecule has 0 saturated carbocycles. The Morgan fingerprint density at radius 3 is 0.900 bits per heavy atom. The van der Waals surface area contributed by atoms with Gasteiger partial charge in [0.1, 0.15) is 0 Å². The van der Waals surface area contributed by atoms with E-state index in [1.807, 2.05) is 0 Å². The normalized spacial score (nSPS) is 19.7. The monoisotopic (exact) mass is 934 g/mol. The molecule has 0 amide bonds. The maximum atomic E-state index is 3.99. The van der Waals surface area contributed by atoms with Gasteiger partial charge in [-0.2, -0.15) is 0 Å². The zero-order valence-electron chi connectivity index (χ0n) is 39.1. The van der Waals surface area contributed by atoms with Crippen LogP contribution in [0, 0.1) is 23.7 Å². The van der Waals surface area contributed by atoms with E-state index in [2.05, 4.69) is 160 Å². The Morgan fingerprint density at radius 1 is 0.367 bits per heavy atom. The Balaban J connectivity index is 1.56. The third kappa shape index (κ3) is 9.96. The van der Waals surface area contributed by atoms with Crippen molar-refractivity contribution in [2.75, 3.05) is 0 Å². The van der Waals surface area contributed by atoms with E-state index in [1.165, 1.54) is 171 Å². The van der Waals surface area contributed by atoms with Crippen molar-refractivity contribution in [3.63, 3.8) is 0 Å². The smallest absolute Gasteiger partial charge is 0.0221 e. The van der Waals surface area contributed by atoms with E-state index in [-0.39, 0.29) is 10.8 Å². The Hall–Kier alpha value is -2.16. The summed E-state index contributed by atoms with van der Waals surface area (Å²) in [6, 6.07) is 29.9. The van der Waals surface area contributed by atoms with Crippen molar-refractivity contribution in [3.05, 3.63) is 104 Å². The van der Waals surface area contributed by atoms with Crippen molar-refractivity contribution >= 4 is 31.9 Å². The van der Waals surface area contributed by atoms with Crippen LogP contribution in [-0.2, 0) is 10.8 Å². The minimum atomic E-state index is 0.0115. The summed E-state index contributed by atoms with van der Waals surface area (Å²) in [5, 5.41) is 0. The predicted octanol–water partition coefficient (Wildman–Crippen LogP) is 19.8. The molecule has 0 aliphatic heterocycles. The van der Waals surface area contributed by atoms with Crippen molar-refractivity contribution in [2.24, 2.45) is 23.7 Å². The molecule has 4 atom stereocenters. The van der Waals surface area contributed by atoms with E-state index in [9.17, 15) is 0 Å². The van der Waals surface area contributed by atoms with Crippen LogP contribution in [0.25, 0.3) is 33.4 Å². The maximum absolute atomic E-state index is 3.99. The zero-order valence-corrected chi connectivity index (χ0v) is 42.3. The molecule has 0 aromatic heterocycles. The minimum Gasteiger partial charge on any atom is -0.0654 e. The first-order chi connectivity index (χ1) is 29.1. The quantitative estimate of drug-likeness (QED) is 0.0621. The first kappa shape index (κ1) is 47.3. The molecule has 4 unspecified atom stereocenters. The van der Waals surface area contributed by atoms with Crippen LogP contribution in [-0.4, -0.2) is 0 Å². The molecule has 0 saturated heterocycles. The van der Waals surface area contributed by atoms with Gasteiger partial charge in [-0.25, -0.2) is 0 Å². The van der Waals surface area contributed by atoms with Gasteiger partial charge in [-0.3, -0.25) is 0 Å². The second kappa shape index (κ2) is 22.0. The summed E-state index contributed by atoms with van der Waals surface area (Å²) < 4.78 is 2.44. The number of rotatable bonds is 25. The number of hydrogen-bond acceptors (Lipinski definition) is 0. The lowest BCUT2D eigenvalue weighted by atomic mass is 9.64. The largest absolute Gasteiger partial charge is 0.0654 e. The van der Waals surface area contributed by atoms with E-state index in [0.717, 1.165) is 0 Å². The van der Waals surface area contributed by atoms with Crippen molar-refractivity contribution in [2.45, 2.75) is 195 Å². The zero-order chi connectivity index (χ0) is 42.9. The summed E-state index contributed by atoms with van der Waals surface area (Å²) in [6.07, 6.45) is 25.7. The predicted molar refractivity (Wildman–Crippen MR) is 271 cm³/mol. The fourth-order valence-electron chi connectivity index (χ4n) is 12.1. The number of fused-ring (bicyclic) bond motifs is 6. The molecule has 2 aliphatic rings. The third-order valence-electron chi connectivity index (χ3n) is 15.7. The van der Waals surface area contributed by atoms with Gasteiger partial charge in [0.05, 0.1) is 0 Å². The van der Waals surface area contributed by atoms with E-state index in [0.29, 0.717) is 23.7 Å². The van der Waals surface area contributed by atoms with E-state index >= 15 is 0 Å². The van der Waals surface area contributed by atoms with E-state index in [4.69, 9.17) is 0 Å². The van der Waals surface area contributed by atoms with Crippen LogP contribution in [0.5, 0.6) is 0 Å².